The Morgan fingerprint density at radius 1 is 1.05 bits per heavy atom. The molecule has 0 unspecified atom stereocenters. The van der Waals surface area contributed by atoms with Crippen molar-refractivity contribution >= 4 is 55.1 Å². The number of hydrogen-bond donors (Lipinski definition) is 2. The Labute approximate surface area is 234 Å². The van der Waals surface area contributed by atoms with E-state index < -0.39 is 15.9 Å². The largest absolute Gasteiger partial charge is 0.352 e. The van der Waals surface area contributed by atoms with Gasteiger partial charge in [-0.05, 0) is 79.4 Å². The molecular formula is C27H26BrClFN3O4S. The molecular weight excluding hydrogens is 597 g/mol. The lowest BCUT2D eigenvalue weighted by atomic mass is 9.95. The maximum absolute atomic E-state index is 13.7. The quantitative estimate of drug-likeness (QED) is 0.363. The summed E-state index contributed by atoms with van der Waals surface area (Å²) < 4.78 is 42.9. The molecule has 1 fully saturated rings. The zero-order valence-electron chi connectivity index (χ0n) is 20.5. The molecule has 0 atom stereocenters. The van der Waals surface area contributed by atoms with Gasteiger partial charge in [-0.3, -0.25) is 14.3 Å². The van der Waals surface area contributed by atoms with Gasteiger partial charge in [-0.15, -0.1) is 0 Å². The fourth-order valence-corrected chi connectivity index (χ4v) is 5.71. The number of nitrogens with one attached hydrogen (secondary N) is 2. The summed E-state index contributed by atoms with van der Waals surface area (Å²) in [5, 5.41) is 2.98. The van der Waals surface area contributed by atoms with Crippen molar-refractivity contribution in [3.05, 3.63) is 92.7 Å². The number of piperidine rings is 1. The SMILES string of the molecule is Cc1ccc(CNC(=O)C2CCN(C(=O)c3cc(S(=O)(=O)Nc4ccc(Br)cc4)ccc3Cl)CC2)cc1F. The lowest BCUT2D eigenvalue weighted by Gasteiger charge is -2.31. The lowest BCUT2D eigenvalue weighted by Crippen LogP contribution is -2.43. The molecule has 2 amide bonds. The van der Waals surface area contributed by atoms with Gasteiger partial charge in [-0.2, -0.15) is 0 Å². The van der Waals surface area contributed by atoms with Gasteiger partial charge in [-0.1, -0.05) is 39.7 Å². The Bertz CT molecular complexity index is 1460. The monoisotopic (exact) mass is 621 g/mol. The molecule has 1 heterocycles. The highest BCUT2D eigenvalue weighted by molar-refractivity contribution is 9.10. The topological polar surface area (TPSA) is 95.6 Å². The van der Waals surface area contributed by atoms with Crippen LogP contribution in [0.2, 0.25) is 5.02 Å². The first-order chi connectivity index (χ1) is 18.0. The summed E-state index contributed by atoms with van der Waals surface area (Å²) in [5.74, 6) is -1.15. The molecule has 1 aliphatic heterocycles. The van der Waals surface area contributed by atoms with Gasteiger partial charge >= 0.3 is 0 Å². The van der Waals surface area contributed by atoms with Gasteiger partial charge in [0.1, 0.15) is 5.82 Å². The van der Waals surface area contributed by atoms with Crippen LogP contribution >= 0.6 is 27.5 Å². The van der Waals surface area contributed by atoms with Crippen LogP contribution in [-0.2, 0) is 21.4 Å². The molecule has 4 rings (SSSR count). The predicted molar refractivity (Wildman–Crippen MR) is 148 cm³/mol. The summed E-state index contributed by atoms with van der Waals surface area (Å²) in [5.41, 5.74) is 1.67. The van der Waals surface area contributed by atoms with Crippen molar-refractivity contribution in [3.63, 3.8) is 0 Å². The number of aryl methyl sites for hydroxylation is 1. The van der Waals surface area contributed by atoms with Crippen LogP contribution in [0.5, 0.6) is 0 Å². The number of halogens is 3. The Morgan fingerprint density at radius 2 is 1.74 bits per heavy atom. The van der Waals surface area contributed by atoms with Crippen molar-refractivity contribution in [2.24, 2.45) is 5.92 Å². The fraction of sp³-hybridized carbons (Fsp3) is 0.259. The van der Waals surface area contributed by atoms with Gasteiger partial charge in [0.05, 0.1) is 15.5 Å². The van der Waals surface area contributed by atoms with Crippen LogP contribution in [0.1, 0.15) is 34.3 Å². The molecule has 7 nitrogen and oxygen atoms in total. The number of benzene rings is 3. The molecule has 0 aliphatic carbocycles. The van der Waals surface area contributed by atoms with Crippen LogP contribution in [0.15, 0.2) is 70.0 Å². The normalized spacial score (nSPS) is 14.3. The second kappa shape index (κ2) is 11.8. The Morgan fingerprint density at radius 3 is 2.39 bits per heavy atom. The van der Waals surface area contributed by atoms with Crippen LogP contribution in [0.25, 0.3) is 0 Å². The summed E-state index contributed by atoms with van der Waals surface area (Å²) in [6.07, 6.45) is 0.890. The highest BCUT2D eigenvalue weighted by atomic mass is 79.9. The highest BCUT2D eigenvalue weighted by Crippen LogP contribution is 2.26. The van der Waals surface area contributed by atoms with Crippen molar-refractivity contribution in [1.82, 2.24) is 10.2 Å². The molecule has 3 aromatic rings. The number of sulfonamides is 1. The zero-order valence-corrected chi connectivity index (χ0v) is 23.7. The summed E-state index contributed by atoms with van der Waals surface area (Å²) >= 11 is 9.58. The number of likely N-dealkylation sites (tertiary alicyclic amines) is 1. The van der Waals surface area contributed by atoms with Crippen molar-refractivity contribution in [2.75, 3.05) is 17.8 Å². The minimum atomic E-state index is -3.96. The van der Waals surface area contributed by atoms with Gasteiger partial charge in [0.25, 0.3) is 15.9 Å². The first kappa shape index (κ1) is 28.1. The molecule has 0 aromatic heterocycles. The standard InChI is InChI=1S/C27H26BrClFN3O4S/c1-17-2-3-18(14-25(17)30)16-31-26(34)19-10-12-33(13-11-19)27(35)23-15-22(8-9-24(23)29)38(36,37)32-21-6-4-20(28)5-7-21/h2-9,14-15,19,32H,10-13,16H2,1H3,(H,31,34). The second-order valence-corrected chi connectivity index (χ2v) is 12.1. The van der Waals surface area contributed by atoms with Crippen molar-refractivity contribution in [3.8, 4) is 0 Å². The van der Waals surface area contributed by atoms with Crippen LogP contribution in [0, 0.1) is 18.7 Å². The van der Waals surface area contributed by atoms with Crippen molar-refractivity contribution < 1.29 is 22.4 Å². The average Bonchev–Trinajstić information content (AvgIpc) is 2.90. The molecule has 11 heteroatoms. The smallest absolute Gasteiger partial charge is 0.261 e. The molecule has 1 aliphatic rings. The molecule has 0 spiro atoms. The van der Waals surface area contributed by atoms with E-state index >= 15 is 0 Å². The van der Waals surface area contributed by atoms with Crippen LogP contribution in [0.3, 0.4) is 0 Å². The predicted octanol–water partition coefficient (Wildman–Crippen LogP) is 5.52. The van der Waals surface area contributed by atoms with Crippen molar-refractivity contribution in [1.29, 1.82) is 0 Å². The van der Waals surface area contributed by atoms with Crippen LogP contribution in [0.4, 0.5) is 10.1 Å². The van der Waals surface area contributed by atoms with Gasteiger partial charge in [-0.25, -0.2) is 12.8 Å². The highest BCUT2D eigenvalue weighted by Gasteiger charge is 2.29. The third-order valence-corrected chi connectivity index (χ3v) is 8.67. The van der Waals surface area contributed by atoms with Gasteiger partial charge in [0, 0.05) is 35.7 Å². The molecule has 2 N–H and O–H groups in total. The Hall–Kier alpha value is -2.95. The minimum Gasteiger partial charge on any atom is -0.352 e. The van der Waals surface area contributed by atoms with Gasteiger partial charge in [0.2, 0.25) is 5.91 Å². The van der Waals surface area contributed by atoms with E-state index in [0.717, 1.165) is 4.47 Å². The van der Waals surface area contributed by atoms with E-state index in [1.807, 2.05) is 0 Å². The number of nitrogens with zero attached hydrogens (tertiary/aromatic N) is 1. The number of carbonyl (C=O) groups excluding carboxylic acids is 2. The molecule has 0 bridgehead atoms. The van der Waals surface area contributed by atoms with E-state index in [-0.39, 0.29) is 39.7 Å². The van der Waals surface area contributed by atoms with E-state index in [1.165, 1.54) is 24.3 Å². The number of hydrogen-bond acceptors (Lipinski definition) is 4. The number of anilines is 1. The van der Waals surface area contributed by atoms with Gasteiger partial charge in [0.15, 0.2) is 0 Å². The van der Waals surface area contributed by atoms with E-state index in [0.29, 0.717) is 42.7 Å². The van der Waals surface area contributed by atoms with Gasteiger partial charge < -0.3 is 10.2 Å². The average molecular weight is 623 g/mol. The minimum absolute atomic E-state index is 0.0784. The summed E-state index contributed by atoms with van der Waals surface area (Å²) in [6, 6.07) is 15.5. The van der Waals surface area contributed by atoms with Crippen LogP contribution < -0.4 is 10.0 Å². The van der Waals surface area contributed by atoms with E-state index in [4.69, 9.17) is 11.6 Å². The van der Waals surface area contributed by atoms with E-state index in [1.54, 1.807) is 48.2 Å². The molecule has 0 radical (unpaired) electrons. The second-order valence-electron chi connectivity index (χ2n) is 9.12. The summed E-state index contributed by atoms with van der Waals surface area (Å²) in [4.78, 5) is 27.3. The maximum Gasteiger partial charge on any atom is 0.261 e. The number of carbonyl (C=O) groups is 2. The third kappa shape index (κ3) is 6.73. The van der Waals surface area contributed by atoms with E-state index in [9.17, 15) is 22.4 Å². The molecule has 0 saturated carbocycles. The fourth-order valence-electron chi connectivity index (χ4n) is 4.16. The third-order valence-electron chi connectivity index (χ3n) is 6.43. The lowest BCUT2D eigenvalue weighted by molar-refractivity contribution is -0.126. The number of rotatable bonds is 7. The first-order valence-electron chi connectivity index (χ1n) is 11.9. The first-order valence-corrected chi connectivity index (χ1v) is 14.6. The van der Waals surface area contributed by atoms with Crippen molar-refractivity contribution in [2.45, 2.75) is 31.2 Å². The number of amides is 2. The summed E-state index contributed by atoms with van der Waals surface area (Å²) in [6.45, 7) is 2.54. The van der Waals surface area contributed by atoms with E-state index in [2.05, 4.69) is 26.0 Å². The molecule has 3 aromatic carbocycles. The zero-order chi connectivity index (χ0) is 27.4. The molecule has 200 valence electrons. The maximum atomic E-state index is 13.7. The Kier molecular flexibility index (Phi) is 8.74. The molecule has 1 saturated heterocycles. The van der Waals surface area contributed by atoms with Crippen LogP contribution in [-0.4, -0.2) is 38.2 Å². The Balaban J connectivity index is 1.37. The summed E-state index contributed by atoms with van der Waals surface area (Å²) in [7, 11) is -3.96. The molecule has 38 heavy (non-hydrogen) atoms.